The predicted molar refractivity (Wildman–Crippen MR) is 93.4 cm³/mol. The molecule has 0 aromatic carbocycles. The van der Waals surface area contributed by atoms with Crippen LogP contribution in [0.5, 0.6) is 0 Å². The van der Waals surface area contributed by atoms with Crippen LogP contribution in [0, 0.1) is 0 Å². The fraction of sp³-hybridized carbons (Fsp3) is 1.00. The van der Waals surface area contributed by atoms with Gasteiger partial charge in [0.1, 0.15) is 0 Å². The van der Waals surface area contributed by atoms with Gasteiger partial charge in [-0.25, -0.2) is 0 Å². The smallest absolute Gasteiger partial charge is 0.151 e. The van der Waals surface area contributed by atoms with Crippen LogP contribution in [0.1, 0.15) is 34.6 Å². The number of hydrogen-bond donors (Lipinski definition) is 5. The monoisotopic (exact) mass is 473 g/mol. The van der Waals surface area contributed by atoms with Crippen molar-refractivity contribution in [3.63, 3.8) is 0 Å². The molecule has 0 saturated heterocycles. The van der Waals surface area contributed by atoms with E-state index in [9.17, 15) is 0 Å². The molecule has 0 aliphatic rings. The molecule has 5 atom stereocenters. The number of rotatable bonds is 5. The van der Waals surface area contributed by atoms with Gasteiger partial charge in [0.15, 0.2) is 31.5 Å². The molecule has 26 heavy (non-hydrogen) atoms. The van der Waals surface area contributed by atoms with Gasteiger partial charge in [-0.2, -0.15) is 0 Å². The number of ether oxygens (including phenoxy) is 5. The summed E-state index contributed by atoms with van der Waals surface area (Å²) in [6.07, 6.45) is -3.08. The fourth-order valence-corrected chi connectivity index (χ4v) is 0. The Hall–Kier alpha value is 0.340. The fourth-order valence-electron chi connectivity index (χ4n) is 0. The maximum absolute atomic E-state index is 8.14. The van der Waals surface area contributed by atoms with E-state index < -0.39 is 31.5 Å². The largest absolute Gasteiger partial charge is 0.368 e. The Kier molecular flexibility index (Phi) is 57.1. The topological polar surface area (TPSA) is 147 Å². The predicted octanol–water partition coefficient (Wildman–Crippen LogP) is -0.147. The molecular formula is C15H40NbO10. The number of hydrogen-bond acceptors (Lipinski definition) is 10. The zero-order valence-corrected chi connectivity index (χ0v) is 19.8. The maximum atomic E-state index is 8.14. The second-order valence-corrected chi connectivity index (χ2v) is 4.18. The molecule has 0 fully saturated rings. The molecule has 0 aliphatic heterocycles. The summed E-state index contributed by atoms with van der Waals surface area (Å²) in [6.45, 7) is 7.78. The van der Waals surface area contributed by atoms with Crippen molar-refractivity contribution in [2.45, 2.75) is 66.1 Å². The summed E-state index contributed by atoms with van der Waals surface area (Å²) in [6, 6.07) is 0. The first-order chi connectivity index (χ1) is 11.4. The van der Waals surface area contributed by atoms with Crippen molar-refractivity contribution >= 4 is 0 Å². The van der Waals surface area contributed by atoms with Crippen LogP contribution in [0.15, 0.2) is 0 Å². The van der Waals surface area contributed by atoms with Crippen molar-refractivity contribution in [2.24, 2.45) is 0 Å². The van der Waals surface area contributed by atoms with Gasteiger partial charge in [0.05, 0.1) is 0 Å². The van der Waals surface area contributed by atoms with Crippen LogP contribution in [-0.2, 0) is 46.1 Å². The zero-order chi connectivity index (χ0) is 21.4. The Balaban J connectivity index is -0.0000000476. The third-order valence-electron chi connectivity index (χ3n) is 1.71. The molecule has 11 heteroatoms. The summed E-state index contributed by atoms with van der Waals surface area (Å²) in [7, 11) is 7.25. The van der Waals surface area contributed by atoms with E-state index in [0.717, 1.165) is 0 Å². The van der Waals surface area contributed by atoms with E-state index in [4.69, 9.17) is 25.5 Å². The standard InChI is InChI=1S/5C3H8O2.Nb/c5*1-3(4)5-2;/h5*3-4H,1-2H3;. The van der Waals surface area contributed by atoms with Gasteiger partial charge in [-0.05, 0) is 34.6 Å². The van der Waals surface area contributed by atoms with E-state index in [1.807, 2.05) is 0 Å². The molecule has 0 amide bonds. The van der Waals surface area contributed by atoms with Crippen LogP contribution >= 0.6 is 0 Å². The third-order valence-corrected chi connectivity index (χ3v) is 1.71. The summed E-state index contributed by atoms with van der Waals surface area (Å²) in [5, 5.41) is 40.7. The van der Waals surface area contributed by atoms with Crippen LogP contribution in [0.3, 0.4) is 0 Å². The van der Waals surface area contributed by atoms with Crippen molar-refractivity contribution in [3.8, 4) is 0 Å². The molecule has 5 N–H and O–H groups in total. The van der Waals surface area contributed by atoms with Gasteiger partial charge in [0.2, 0.25) is 0 Å². The van der Waals surface area contributed by atoms with E-state index >= 15 is 0 Å². The molecule has 10 nitrogen and oxygen atoms in total. The first kappa shape index (κ1) is 40.9. The van der Waals surface area contributed by atoms with Crippen molar-refractivity contribution in [3.05, 3.63) is 0 Å². The minimum atomic E-state index is -0.616. The molecule has 1 radical (unpaired) electrons. The summed E-state index contributed by atoms with van der Waals surface area (Å²) in [5.74, 6) is 0. The van der Waals surface area contributed by atoms with E-state index in [0.29, 0.717) is 0 Å². The van der Waals surface area contributed by atoms with Gasteiger partial charge in [-0.15, -0.1) is 0 Å². The van der Waals surface area contributed by atoms with Gasteiger partial charge < -0.3 is 49.2 Å². The molecule has 0 bridgehead atoms. The zero-order valence-electron chi connectivity index (χ0n) is 17.6. The van der Waals surface area contributed by atoms with Crippen LogP contribution in [0.25, 0.3) is 0 Å². The Labute approximate surface area is 173 Å². The summed E-state index contributed by atoms with van der Waals surface area (Å²) in [5.41, 5.74) is 0. The second kappa shape index (κ2) is 36.3. The Bertz CT molecular complexity index is 147. The molecule has 0 aromatic rings. The number of methoxy groups -OCH3 is 5. The molecular weight excluding hydrogens is 433 g/mol. The average molecular weight is 473 g/mol. The first-order valence-electron chi connectivity index (χ1n) is 7.40. The average Bonchev–Trinajstić information content (AvgIpc) is 2.56. The molecule has 165 valence electrons. The minimum absolute atomic E-state index is 0. The van der Waals surface area contributed by atoms with Crippen molar-refractivity contribution in [1.29, 1.82) is 0 Å². The molecule has 0 heterocycles. The van der Waals surface area contributed by atoms with E-state index in [1.54, 1.807) is 34.6 Å². The van der Waals surface area contributed by atoms with E-state index in [-0.39, 0.29) is 22.4 Å². The van der Waals surface area contributed by atoms with Crippen molar-refractivity contribution in [1.82, 2.24) is 0 Å². The minimum Gasteiger partial charge on any atom is -0.368 e. The van der Waals surface area contributed by atoms with Crippen LogP contribution in [-0.4, -0.2) is 92.5 Å². The number of aliphatic hydroxyl groups excluding tert-OH is 5. The molecule has 0 aliphatic carbocycles. The van der Waals surface area contributed by atoms with Crippen LogP contribution < -0.4 is 0 Å². The van der Waals surface area contributed by atoms with E-state index in [2.05, 4.69) is 23.7 Å². The first-order valence-corrected chi connectivity index (χ1v) is 7.40. The van der Waals surface area contributed by atoms with Crippen molar-refractivity contribution in [2.75, 3.05) is 35.5 Å². The van der Waals surface area contributed by atoms with Crippen molar-refractivity contribution < 1.29 is 71.6 Å². The summed E-state index contributed by atoms with van der Waals surface area (Å²) < 4.78 is 21.5. The van der Waals surface area contributed by atoms with Crippen LogP contribution in [0.4, 0.5) is 0 Å². The van der Waals surface area contributed by atoms with Gasteiger partial charge >= 0.3 is 0 Å². The maximum Gasteiger partial charge on any atom is 0.151 e. The van der Waals surface area contributed by atoms with E-state index in [1.165, 1.54) is 35.5 Å². The molecule has 5 unspecified atom stereocenters. The normalized spacial score (nSPS) is 14.4. The van der Waals surface area contributed by atoms with Crippen LogP contribution in [0.2, 0.25) is 0 Å². The molecule has 0 saturated carbocycles. The molecule has 0 aromatic heterocycles. The Morgan fingerprint density at radius 3 is 0.423 bits per heavy atom. The second-order valence-electron chi connectivity index (χ2n) is 4.18. The van der Waals surface area contributed by atoms with Gasteiger partial charge in [0.25, 0.3) is 0 Å². The van der Waals surface area contributed by atoms with Gasteiger partial charge in [-0.1, -0.05) is 0 Å². The number of aliphatic hydroxyl groups is 5. The molecule has 0 rings (SSSR count). The third kappa shape index (κ3) is 124. The van der Waals surface area contributed by atoms with Gasteiger partial charge in [0, 0.05) is 57.9 Å². The quantitative estimate of drug-likeness (QED) is 0.270. The van der Waals surface area contributed by atoms with Gasteiger partial charge in [-0.3, -0.25) is 0 Å². The molecule has 0 spiro atoms. The summed E-state index contributed by atoms with van der Waals surface area (Å²) >= 11 is 0. The SMILES string of the molecule is COC(C)O.COC(C)O.COC(C)O.COC(C)O.COC(C)O.[Nb]. The Morgan fingerprint density at radius 1 is 0.385 bits per heavy atom. The Morgan fingerprint density at radius 2 is 0.423 bits per heavy atom. The summed E-state index contributed by atoms with van der Waals surface area (Å²) in [4.78, 5) is 0.